The van der Waals surface area contributed by atoms with Gasteiger partial charge in [-0.05, 0) is 28.4 Å². The van der Waals surface area contributed by atoms with Crippen LogP contribution in [0.4, 0.5) is 8.78 Å². The van der Waals surface area contributed by atoms with Gasteiger partial charge in [0.2, 0.25) is 0 Å². The quantitative estimate of drug-likeness (QED) is 0.926. The molecule has 3 nitrogen and oxygen atoms in total. The van der Waals surface area contributed by atoms with E-state index < -0.39 is 12.4 Å². The molecule has 1 rings (SSSR count). The van der Waals surface area contributed by atoms with Gasteiger partial charge in [0.05, 0.1) is 17.7 Å². The fourth-order valence-electron chi connectivity index (χ4n) is 1.12. The maximum Gasteiger partial charge on any atom is 0.309 e. The number of rotatable bonds is 3. The minimum atomic E-state index is -2.62. The van der Waals surface area contributed by atoms with Crippen molar-refractivity contribution in [2.75, 3.05) is 0 Å². The van der Waals surface area contributed by atoms with Crippen molar-refractivity contribution in [1.29, 1.82) is 0 Å². The molecule has 0 aliphatic rings. The average molecular weight is 280 g/mol. The van der Waals surface area contributed by atoms with Crippen LogP contribution in [0.2, 0.25) is 0 Å². The molecule has 1 heterocycles. The number of pyridine rings is 1. The molecule has 0 spiro atoms. The summed E-state index contributed by atoms with van der Waals surface area (Å²) in [6.45, 7) is 1.56. The van der Waals surface area contributed by atoms with Crippen LogP contribution in [0.15, 0.2) is 10.7 Å². The molecular weight excluding hydrogens is 272 g/mol. The summed E-state index contributed by atoms with van der Waals surface area (Å²) in [5.74, 6) is -1.04. The third-order valence-corrected chi connectivity index (χ3v) is 2.98. The van der Waals surface area contributed by atoms with Gasteiger partial charge in [-0.15, -0.1) is 0 Å². The lowest BCUT2D eigenvalue weighted by Gasteiger charge is -2.09. The Morgan fingerprint density at radius 1 is 1.67 bits per heavy atom. The van der Waals surface area contributed by atoms with E-state index in [2.05, 4.69) is 20.9 Å². The summed E-state index contributed by atoms with van der Waals surface area (Å²) in [5, 5.41) is 8.56. The molecule has 0 aliphatic carbocycles. The van der Waals surface area contributed by atoms with E-state index in [1.54, 1.807) is 6.92 Å². The Morgan fingerprint density at radius 3 is 2.73 bits per heavy atom. The van der Waals surface area contributed by atoms with Gasteiger partial charge >= 0.3 is 5.97 Å². The molecule has 0 amide bonds. The number of carboxylic acids is 1. The minimum absolute atomic E-state index is 0.221. The number of carbonyl (C=O) groups is 1. The first kappa shape index (κ1) is 12.0. The van der Waals surface area contributed by atoms with E-state index in [4.69, 9.17) is 5.11 Å². The highest BCUT2D eigenvalue weighted by atomic mass is 79.9. The van der Waals surface area contributed by atoms with Crippen molar-refractivity contribution in [3.05, 3.63) is 27.5 Å². The van der Waals surface area contributed by atoms with Crippen LogP contribution in [0.5, 0.6) is 0 Å². The van der Waals surface area contributed by atoms with E-state index >= 15 is 0 Å². The Balaban J connectivity index is 3.15. The normalized spacial score (nSPS) is 10.7. The number of nitrogens with zero attached hydrogens (tertiary/aromatic N) is 1. The Hall–Kier alpha value is -1.04. The number of aliphatic carboxylic acids is 1. The van der Waals surface area contributed by atoms with Crippen LogP contribution in [0, 0.1) is 6.92 Å². The topological polar surface area (TPSA) is 50.2 Å². The zero-order valence-corrected chi connectivity index (χ0v) is 9.38. The second kappa shape index (κ2) is 4.65. The van der Waals surface area contributed by atoms with Crippen LogP contribution in [0.25, 0.3) is 0 Å². The predicted octanol–water partition coefficient (Wildman–Crippen LogP) is 2.72. The second-order valence-corrected chi connectivity index (χ2v) is 3.76. The van der Waals surface area contributed by atoms with Gasteiger partial charge in [0.15, 0.2) is 0 Å². The molecule has 0 bridgehead atoms. The summed E-state index contributed by atoms with van der Waals surface area (Å²) in [6, 6.07) is 0. The van der Waals surface area contributed by atoms with Crippen molar-refractivity contribution < 1.29 is 18.7 Å². The molecular formula is C9H8BrF2NO2. The summed E-state index contributed by atoms with van der Waals surface area (Å²) in [6.07, 6.45) is -1.89. The van der Waals surface area contributed by atoms with E-state index in [1.165, 1.54) is 0 Å². The van der Waals surface area contributed by atoms with Gasteiger partial charge in [0.25, 0.3) is 6.43 Å². The first-order valence-corrected chi connectivity index (χ1v) is 4.86. The number of carboxylic acid groups (broad SMARTS) is 1. The lowest BCUT2D eigenvalue weighted by atomic mass is 10.1. The smallest absolute Gasteiger partial charge is 0.309 e. The summed E-state index contributed by atoms with van der Waals surface area (Å²) >= 11 is 3.01. The van der Waals surface area contributed by atoms with Crippen LogP contribution < -0.4 is 0 Å². The summed E-state index contributed by atoms with van der Waals surface area (Å²) < 4.78 is 25.1. The Kier molecular flexibility index (Phi) is 3.73. The first-order valence-electron chi connectivity index (χ1n) is 4.07. The average Bonchev–Trinajstić information content (AvgIpc) is 2.12. The number of halogens is 3. The van der Waals surface area contributed by atoms with E-state index in [-0.39, 0.29) is 16.5 Å². The largest absolute Gasteiger partial charge is 0.481 e. The van der Waals surface area contributed by atoms with Crippen molar-refractivity contribution in [1.82, 2.24) is 4.98 Å². The van der Waals surface area contributed by atoms with E-state index in [1.807, 2.05) is 0 Å². The third kappa shape index (κ3) is 2.71. The highest BCUT2D eigenvalue weighted by Gasteiger charge is 2.17. The molecule has 1 aromatic heterocycles. The Labute approximate surface area is 93.3 Å². The first-order chi connectivity index (χ1) is 6.93. The van der Waals surface area contributed by atoms with E-state index in [0.29, 0.717) is 11.3 Å². The van der Waals surface area contributed by atoms with Gasteiger partial charge in [0.1, 0.15) is 0 Å². The molecule has 6 heteroatoms. The number of hydrogen-bond acceptors (Lipinski definition) is 2. The molecule has 1 aromatic rings. The Bertz CT molecular complexity index is 396. The number of alkyl halides is 2. The summed E-state index contributed by atoms with van der Waals surface area (Å²) in [7, 11) is 0. The lowest BCUT2D eigenvalue weighted by Crippen LogP contribution is -2.06. The van der Waals surface area contributed by atoms with Crippen LogP contribution in [-0.4, -0.2) is 16.1 Å². The standard InChI is InChI=1S/C9H8BrF2NO2/c1-4-6(2-7(14)15)13-3-5(8(4)10)9(11)12/h3,9H,2H2,1H3,(H,14,15). The number of hydrogen-bond donors (Lipinski definition) is 1. The van der Waals surface area contributed by atoms with E-state index in [0.717, 1.165) is 6.20 Å². The summed E-state index contributed by atoms with van der Waals surface area (Å²) in [5.41, 5.74) is 0.510. The molecule has 15 heavy (non-hydrogen) atoms. The lowest BCUT2D eigenvalue weighted by molar-refractivity contribution is -0.136. The minimum Gasteiger partial charge on any atom is -0.481 e. The SMILES string of the molecule is Cc1c(CC(=O)O)ncc(C(F)F)c1Br. The van der Waals surface area contributed by atoms with Gasteiger partial charge < -0.3 is 5.11 Å². The third-order valence-electron chi connectivity index (χ3n) is 1.93. The van der Waals surface area contributed by atoms with E-state index in [9.17, 15) is 13.6 Å². The van der Waals surface area contributed by atoms with Crippen molar-refractivity contribution in [2.24, 2.45) is 0 Å². The van der Waals surface area contributed by atoms with Crippen molar-refractivity contribution in [3.63, 3.8) is 0 Å². The van der Waals surface area contributed by atoms with Gasteiger partial charge in [-0.1, -0.05) is 0 Å². The maximum atomic E-state index is 12.4. The molecule has 0 saturated carbocycles. The highest BCUT2D eigenvalue weighted by Crippen LogP contribution is 2.30. The maximum absolute atomic E-state index is 12.4. The van der Waals surface area contributed by atoms with Crippen molar-refractivity contribution in [3.8, 4) is 0 Å². The molecule has 82 valence electrons. The monoisotopic (exact) mass is 279 g/mol. The zero-order chi connectivity index (χ0) is 11.6. The Morgan fingerprint density at radius 2 is 2.27 bits per heavy atom. The fraction of sp³-hybridized carbons (Fsp3) is 0.333. The summed E-state index contributed by atoms with van der Waals surface area (Å²) in [4.78, 5) is 14.2. The van der Waals surface area contributed by atoms with Crippen LogP contribution >= 0.6 is 15.9 Å². The van der Waals surface area contributed by atoms with Crippen molar-refractivity contribution >= 4 is 21.9 Å². The molecule has 0 fully saturated rings. The highest BCUT2D eigenvalue weighted by molar-refractivity contribution is 9.10. The fourth-order valence-corrected chi connectivity index (χ4v) is 1.62. The molecule has 0 unspecified atom stereocenters. The zero-order valence-electron chi connectivity index (χ0n) is 7.80. The van der Waals surface area contributed by atoms with Gasteiger partial charge in [-0.2, -0.15) is 0 Å². The molecule has 0 aromatic carbocycles. The second-order valence-electron chi connectivity index (χ2n) is 2.97. The number of aromatic nitrogens is 1. The van der Waals surface area contributed by atoms with Gasteiger partial charge in [0, 0.05) is 10.7 Å². The predicted molar refractivity (Wildman–Crippen MR) is 53.0 cm³/mol. The molecule has 1 N–H and O–H groups in total. The molecule has 0 aliphatic heterocycles. The molecule has 0 radical (unpaired) electrons. The van der Waals surface area contributed by atoms with Gasteiger partial charge in [-0.3, -0.25) is 9.78 Å². The molecule has 0 saturated heterocycles. The van der Waals surface area contributed by atoms with Crippen LogP contribution in [0.1, 0.15) is 23.2 Å². The van der Waals surface area contributed by atoms with Gasteiger partial charge in [-0.25, -0.2) is 8.78 Å². The van der Waals surface area contributed by atoms with Crippen LogP contribution in [-0.2, 0) is 11.2 Å². The molecule has 0 atom stereocenters. The van der Waals surface area contributed by atoms with Crippen molar-refractivity contribution in [2.45, 2.75) is 19.8 Å². The van der Waals surface area contributed by atoms with Crippen LogP contribution in [0.3, 0.4) is 0 Å².